The summed E-state index contributed by atoms with van der Waals surface area (Å²) in [4.78, 5) is 3.95. The lowest BCUT2D eigenvalue weighted by Gasteiger charge is -2.19. The second-order valence-electron chi connectivity index (χ2n) is 6.16. The SMILES string of the molecule is c1csc(CN(Cc2cc(CNC3CC3)no2)C2CC2)c1. The quantitative estimate of drug-likeness (QED) is 0.813. The lowest BCUT2D eigenvalue weighted by molar-refractivity contribution is 0.215. The predicted octanol–water partition coefficient (Wildman–Crippen LogP) is 3.15. The van der Waals surface area contributed by atoms with E-state index < -0.39 is 0 Å². The first-order valence-electron chi connectivity index (χ1n) is 7.81. The highest BCUT2D eigenvalue weighted by molar-refractivity contribution is 7.09. The summed E-state index contributed by atoms with van der Waals surface area (Å²) in [5.74, 6) is 0.992. The van der Waals surface area contributed by atoms with Crippen LogP contribution in [0, 0.1) is 0 Å². The molecular formula is C16H21N3OS. The summed E-state index contributed by atoms with van der Waals surface area (Å²) < 4.78 is 5.52. The van der Waals surface area contributed by atoms with Crippen LogP contribution in [0.3, 0.4) is 0 Å². The summed E-state index contributed by atoms with van der Waals surface area (Å²) in [7, 11) is 0. The molecular weight excluding hydrogens is 282 g/mol. The highest BCUT2D eigenvalue weighted by Crippen LogP contribution is 2.30. The van der Waals surface area contributed by atoms with Gasteiger partial charge in [-0.3, -0.25) is 4.90 Å². The largest absolute Gasteiger partial charge is 0.360 e. The fourth-order valence-corrected chi connectivity index (χ4v) is 3.34. The molecule has 0 radical (unpaired) electrons. The van der Waals surface area contributed by atoms with E-state index in [4.69, 9.17) is 4.52 Å². The van der Waals surface area contributed by atoms with E-state index >= 15 is 0 Å². The highest BCUT2D eigenvalue weighted by Gasteiger charge is 2.30. The van der Waals surface area contributed by atoms with Crippen LogP contribution in [0.15, 0.2) is 28.1 Å². The van der Waals surface area contributed by atoms with Crippen molar-refractivity contribution in [1.29, 1.82) is 0 Å². The van der Waals surface area contributed by atoms with Gasteiger partial charge in [0.25, 0.3) is 0 Å². The first-order chi connectivity index (χ1) is 10.4. The van der Waals surface area contributed by atoms with Gasteiger partial charge in [-0.05, 0) is 37.1 Å². The van der Waals surface area contributed by atoms with Gasteiger partial charge in [0.05, 0.1) is 12.2 Å². The summed E-state index contributed by atoms with van der Waals surface area (Å²) in [6.45, 7) is 2.74. The van der Waals surface area contributed by atoms with E-state index in [1.807, 2.05) is 11.3 Å². The number of nitrogens with zero attached hydrogens (tertiary/aromatic N) is 2. The smallest absolute Gasteiger partial charge is 0.151 e. The maximum atomic E-state index is 5.52. The van der Waals surface area contributed by atoms with Crippen molar-refractivity contribution in [3.8, 4) is 0 Å². The van der Waals surface area contributed by atoms with Gasteiger partial charge in [0.2, 0.25) is 0 Å². The minimum Gasteiger partial charge on any atom is -0.360 e. The Hall–Kier alpha value is -1.17. The Morgan fingerprint density at radius 3 is 2.90 bits per heavy atom. The second-order valence-corrected chi connectivity index (χ2v) is 7.19. The van der Waals surface area contributed by atoms with E-state index in [1.165, 1.54) is 30.6 Å². The first kappa shape index (κ1) is 13.5. The maximum absolute atomic E-state index is 5.52. The van der Waals surface area contributed by atoms with Crippen LogP contribution in [-0.2, 0) is 19.6 Å². The average Bonchev–Trinajstić information content (AvgIpc) is 3.41. The molecule has 1 N–H and O–H groups in total. The molecule has 0 atom stereocenters. The molecule has 0 bridgehead atoms. The van der Waals surface area contributed by atoms with E-state index in [9.17, 15) is 0 Å². The Kier molecular flexibility index (Phi) is 3.80. The standard InChI is InChI=1S/C16H21N3OS/c1-2-16(21-7-1)11-19(14-5-6-14)10-15-8-13(18-20-15)9-17-12-3-4-12/h1-2,7-8,12,14,17H,3-6,9-11H2. The van der Waals surface area contributed by atoms with Gasteiger partial charge in [-0.25, -0.2) is 0 Å². The van der Waals surface area contributed by atoms with Gasteiger partial charge in [-0.2, -0.15) is 0 Å². The molecule has 2 aromatic heterocycles. The van der Waals surface area contributed by atoms with Gasteiger partial charge in [0.15, 0.2) is 5.76 Å². The molecule has 0 aliphatic heterocycles. The number of thiophene rings is 1. The van der Waals surface area contributed by atoms with Crippen molar-refractivity contribution in [2.24, 2.45) is 0 Å². The summed E-state index contributed by atoms with van der Waals surface area (Å²) in [5.41, 5.74) is 1.03. The molecule has 21 heavy (non-hydrogen) atoms. The zero-order valence-electron chi connectivity index (χ0n) is 12.1. The normalized spacial score (nSPS) is 18.5. The Morgan fingerprint density at radius 1 is 1.29 bits per heavy atom. The lowest BCUT2D eigenvalue weighted by atomic mass is 10.3. The molecule has 2 aliphatic rings. The Morgan fingerprint density at radius 2 is 2.19 bits per heavy atom. The minimum atomic E-state index is 0.715. The monoisotopic (exact) mass is 303 g/mol. The molecule has 2 heterocycles. The molecule has 0 aromatic carbocycles. The van der Waals surface area contributed by atoms with E-state index in [1.54, 1.807) is 0 Å². The van der Waals surface area contributed by atoms with E-state index in [2.05, 4.69) is 39.0 Å². The maximum Gasteiger partial charge on any atom is 0.151 e. The molecule has 112 valence electrons. The van der Waals surface area contributed by atoms with Gasteiger partial charge in [0.1, 0.15) is 0 Å². The van der Waals surface area contributed by atoms with Crippen molar-refractivity contribution in [2.45, 2.75) is 57.4 Å². The van der Waals surface area contributed by atoms with Gasteiger partial charge < -0.3 is 9.84 Å². The molecule has 2 fully saturated rings. The summed E-state index contributed by atoms with van der Waals surface area (Å²) in [6, 6.07) is 7.89. The van der Waals surface area contributed by atoms with E-state index in [-0.39, 0.29) is 0 Å². The number of hydrogen-bond donors (Lipinski definition) is 1. The third kappa shape index (κ3) is 3.73. The third-order valence-corrected chi connectivity index (χ3v) is 4.98. The first-order valence-corrected chi connectivity index (χ1v) is 8.69. The molecule has 5 heteroatoms. The molecule has 2 saturated carbocycles. The Balaban J connectivity index is 1.35. The van der Waals surface area contributed by atoms with Crippen molar-refractivity contribution < 1.29 is 4.52 Å². The zero-order chi connectivity index (χ0) is 14.1. The van der Waals surface area contributed by atoms with Crippen molar-refractivity contribution in [3.05, 3.63) is 39.9 Å². The molecule has 0 saturated heterocycles. The molecule has 0 amide bonds. The molecule has 4 nitrogen and oxygen atoms in total. The number of nitrogens with one attached hydrogen (secondary N) is 1. The number of rotatable bonds is 8. The van der Waals surface area contributed by atoms with Crippen LogP contribution in [0.25, 0.3) is 0 Å². The van der Waals surface area contributed by atoms with Gasteiger partial charge in [-0.15, -0.1) is 11.3 Å². The van der Waals surface area contributed by atoms with Crippen molar-refractivity contribution >= 4 is 11.3 Å². The zero-order valence-corrected chi connectivity index (χ0v) is 12.9. The lowest BCUT2D eigenvalue weighted by Crippen LogP contribution is -2.24. The second kappa shape index (κ2) is 5.91. The molecule has 2 aromatic rings. The van der Waals surface area contributed by atoms with Gasteiger partial charge >= 0.3 is 0 Å². The third-order valence-electron chi connectivity index (χ3n) is 4.12. The van der Waals surface area contributed by atoms with Crippen molar-refractivity contribution in [3.63, 3.8) is 0 Å². The van der Waals surface area contributed by atoms with E-state index in [0.29, 0.717) is 6.04 Å². The van der Waals surface area contributed by atoms with Crippen LogP contribution >= 0.6 is 11.3 Å². The summed E-state index contributed by atoms with van der Waals surface area (Å²) in [6.07, 6.45) is 5.24. The molecule has 0 spiro atoms. The van der Waals surface area contributed by atoms with Gasteiger partial charge in [0, 0.05) is 36.1 Å². The van der Waals surface area contributed by atoms with Crippen LogP contribution in [0.4, 0.5) is 0 Å². The Labute approximate surface area is 129 Å². The number of hydrogen-bond acceptors (Lipinski definition) is 5. The fraction of sp³-hybridized carbons (Fsp3) is 0.562. The van der Waals surface area contributed by atoms with Crippen LogP contribution in [0.1, 0.15) is 42.0 Å². The van der Waals surface area contributed by atoms with E-state index in [0.717, 1.165) is 37.1 Å². The van der Waals surface area contributed by atoms with Gasteiger partial charge in [-0.1, -0.05) is 11.2 Å². The molecule has 4 rings (SSSR count). The Bertz CT molecular complexity index is 572. The fourth-order valence-electron chi connectivity index (χ4n) is 2.61. The van der Waals surface area contributed by atoms with Crippen LogP contribution < -0.4 is 5.32 Å². The van der Waals surface area contributed by atoms with Crippen LogP contribution in [0.2, 0.25) is 0 Å². The van der Waals surface area contributed by atoms with Crippen LogP contribution in [0.5, 0.6) is 0 Å². The van der Waals surface area contributed by atoms with Crippen molar-refractivity contribution in [2.75, 3.05) is 0 Å². The average molecular weight is 303 g/mol. The van der Waals surface area contributed by atoms with Crippen molar-refractivity contribution in [1.82, 2.24) is 15.4 Å². The van der Waals surface area contributed by atoms with Crippen LogP contribution in [-0.4, -0.2) is 22.1 Å². The topological polar surface area (TPSA) is 41.3 Å². The molecule has 0 unspecified atom stereocenters. The highest BCUT2D eigenvalue weighted by atomic mass is 32.1. The molecule has 2 aliphatic carbocycles. The number of aromatic nitrogens is 1. The minimum absolute atomic E-state index is 0.715. The predicted molar refractivity (Wildman–Crippen MR) is 83.0 cm³/mol. The summed E-state index contributed by atoms with van der Waals surface area (Å²) >= 11 is 1.83. The summed E-state index contributed by atoms with van der Waals surface area (Å²) in [5, 5.41) is 9.81.